The van der Waals surface area contributed by atoms with E-state index in [4.69, 9.17) is 27.3 Å². The Morgan fingerprint density at radius 3 is 2.83 bits per heavy atom. The van der Waals surface area contributed by atoms with E-state index in [0.29, 0.717) is 10.2 Å². The summed E-state index contributed by atoms with van der Waals surface area (Å²) in [5, 5.41) is 2.25. The van der Waals surface area contributed by atoms with Crippen molar-refractivity contribution in [1.82, 2.24) is 24.9 Å². The number of hydrogen-bond donors (Lipinski definition) is 2. The molecule has 4 aromatic rings. The second kappa shape index (κ2) is 7.44. The zero-order chi connectivity index (χ0) is 20.0. The van der Waals surface area contributed by atoms with Crippen LogP contribution in [-0.4, -0.2) is 44.1 Å². The van der Waals surface area contributed by atoms with E-state index < -0.39 is 0 Å². The van der Waals surface area contributed by atoms with Crippen molar-refractivity contribution in [2.24, 2.45) is 5.73 Å². The highest BCUT2D eigenvalue weighted by Crippen LogP contribution is 2.37. The summed E-state index contributed by atoms with van der Waals surface area (Å²) < 4.78 is 0. The van der Waals surface area contributed by atoms with Gasteiger partial charge in [0.25, 0.3) is 0 Å². The molecule has 0 amide bonds. The van der Waals surface area contributed by atoms with E-state index in [0.717, 1.165) is 64.4 Å². The van der Waals surface area contributed by atoms with Crippen LogP contribution in [0.2, 0.25) is 5.02 Å². The number of anilines is 1. The molecular formula is C20H20ClN7S. The zero-order valence-corrected chi connectivity index (χ0v) is 17.5. The number of H-pyrrole nitrogens is 1. The summed E-state index contributed by atoms with van der Waals surface area (Å²) in [5.41, 5.74) is 9.60. The van der Waals surface area contributed by atoms with E-state index in [2.05, 4.69) is 26.8 Å². The number of benzene rings is 1. The Morgan fingerprint density at radius 1 is 1.24 bits per heavy atom. The number of halogens is 1. The van der Waals surface area contributed by atoms with Crippen LogP contribution in [0.1, 0.15) is 19.0 Å². The minimum Gasteiger partial charge on any atom is -0.354 e. The minimum atomic E-state index is 0.151. The highest BCUT2D eigenvalue weighted by atomic mass is 35.5. The smallest absolute Gasteiger partial charge is 0.196 e. The average Bonchev–Trinajstić information content (AvgIpc) is 3.30. The van der Waals surface area contributed by atoms with Gasteiger partial charge in [-0.1, -0.05) is 18.5 Å². The van der Waals surface area contributed by atoms with Gasteiger partial charge >= 0.3 is 0 Å². The first kappa shape index (κ1) is 18.6. The molecule has 0 saturated carbocycles. The van der Waals surface area contributed by atoms with Gasteiger partial charge < -0.3 is 15.6 Å². The molecule has 29 heavy (non-hydrogen) atoms. The Labute approximate surface area is 177 Å². The number of nitrogens with zero attached hydrogens (tertiary/aromatic N) is 5. The van der Waals surface area contributed by atoms with Crippen LogP contribution in [-0.2, 0) is 6.42 Å². The van der Waals surface area contributed by atoms with Gasteiger partial charge in [0.05, 0.1) is 21.4 Å². The van der Waals surface area contributed by atoms with Crippen molar-refractivity contribution in [3.05, 3.63) is 41.3 Å². The molecule has 3 aromatic heterocycles. The summed E-state index contributed by atoms with van der Waals surface area (Å²) >= 11 is 8.17. The van der Waals surface area contributed by atoms with Gasteiger partial charge in [-0.3, -0.25) is 9.97 Å². The van der Waals surface area contributed by atoms with Crippen LogP contribution >= 0.6 is 23.4 Å². The lowest BCUT2D eigenvalue weighted by molar-refractivity contribution is 0.751. The van der Waals surface area contributed by atoms with E-state index in [1.54, 1.807) is 12.4 Å². The number of aromatic amines is 1. The van der Waals surface area contributed by atoms with E-state index in [-0.39, 0.29) is 6.04 Å². The molecule has 0 spiro atoms. The standard InChI is InChI=1S/C20H20ClN7S/c1-2-13-17(21)16-18(25-13)26-20(27-19(16)28-8-5-11(22)10-28)29-12-3-4-14-15(9-12)24-7-6-23-14/h3-4,6-7,9,11H,2,5,8,10,22H2,1H3,(H,25,26,27)/t11-/m1/s1. The normalized spacial score (nSPS) is 16.9. The summed E-state index contributed by atoms with van der Waals surface area (Å²) in [6.07, 6.45) is 5.14. The summed E-state index contributed by atoms with van der Waals surface area (Å²) in [4.78, 5) is 24.9. The number of fused-ring (bicyclic) bond motifs is 2. The maximum absolute atomic E-state index is 6.66. The predicted molar refractivity (Wildman–Crippen MR) is 117 cm³/mol. The molecule has 0 radical (unpaired) electrons. The average molecular weight is 426 g/mol. The van der Waals surface area contributed by atoms with Gasteiger partial charge in [0, 0.05) is 42.1 Å². The molecule has 0 aliphatic carbocycles. The van der Waals surface area contributed by atoms with Gasteiger partial charge in [0.15, 0.2) is 5.16 Å². The number of aromatic nitrogens is 5. The van der Waals surface area contributed by atoms with Gasteiger partial charge in [-0.05, 0) is 42.8 Å². The molecule has 1 aromatic carbocycles. The monoisotopic (exact) mass is 425 g/mol. The largest absolute Gasteiger partial charge is 0.354 e. The fourth-order valence-electron chi connectivity index (χ4n) is 3.68. The van der Waals surface area contributed by atoms with Crippen molar-refractivity contribution in [2.75, 3.05) is 18.0 Å². The SMILES string of the molecule is CCc1[nH]c2nc(Sc3ccc4nccnc4c3)nc(N3CC[C@@H](N)C3)c2c1Cl. The highest BCUT2D eigenvalue weighted by molar-refractivity contribution is 7.99. The first-order chi connectivity index (χ1) is 14.1. The molecule has 1 saturated heterocycles. The van der Waals surface area contributed by atoms with Gasteiger partial charge in [-0.2, -0.15) is 0 Å². The third-order valence-corrected chi connectivity index (χ3v) is 6.42. The zero-order valence-electron chi connectivity index (χ0n) is 15.9. The Kier molecular flexibility index (Phi) is 4.77. The van der Waals surface area contributed by atoms with Crippen LogP contribution in [0, 0.1) is 0 Å². The second-order valence-electron chi connectivity index (χ2n) is 7.13. The van der Waals surface area contributed by atoms with E-state index in [9.17, 15) is 0 Å². The summed E-state index contributed by atoms with van der Waals surface area (Å²) in [7, 11) is 0. The summed E-state index contributed by atoms with van der Waals surface area (Å²) in [6.45, 7) is 3.71. The van der Waals surface area contributed by atoms with Crippen molar-refractivity contribution in [3.63, 3.8) is 0 Å². The first-order valence-corrected chi connectivity index (χ1v) is 10.8. The van der Waals surface area contributed by atoms with Gasteiger partial charge in [-0.15, -0.1) is 0 Å². The van der Waals surface area contributed by atoms with Crippen molar-refractivity contribution in [1.29, 1.82) is 0 Å². The maximum atomic E-state index is 6.66. The van der Waals surface area contributed by atoms with Crippen molar-refractivity contribution in [3.8, 4) is 0 Å². The lowest BCUT2D eigenvalue weighted by Gasteiger charge is -2.18. The van der Waals surface area contributed by atoms with Crippen LogP contribution in [0.4, 0.5) is 5.82 Å². The van der Waals surface area contributed by atoms with Gasteiger partial charge in [0.2, 0.25) is 0 Å². The number of aryl methyl sites for hydroxylation is 1. The quantitative estimate of drug-likeness (QED) is 0.480. The third kappa shape index (κ3) is 3.41. The molecule has 3 N–H and O–H groups in total. The Bertz CT molecular complexity index is 1210. The fraction of sp³-hybridized carbons (Fsp3) is 0.300. The molecular weight excluding hydrogens is 406 g/mol. The maximum Gasteiger partial charge on any atom is 0.196 e. The Morgan fingerprint density at radius 2 is 2.07 bits per heavy atom. The minimum absolute atomic E-state index is 0.151. The third-order valence-electron chi connectivity index (χ3n) is 5.15. The van der Waals surface area contributed by atoms with E-state index >= 15 is 0 Å². The van der Waals surface area contributed by atoms with Crippen molar-refractivity contribution >= 4 is 51.2 Å². The van der Waals surface area contributed by atoms with Crippen LogP contribution in [0.25, 0.3) is 22.1 Å². The van der Waals surface area contributed by atoms with Crippen LogP contribution in [0.15, 0.2) is 40.6 Å². The molecule has 1 atom stereocenters. The van der Waals surface area contributed by atoms with Crippen LogP contribution < -0.4 is 10.6 Å². The van der Waals surface area contributed by atoms with Gasteiger partial charge in [-0.25, -0.2) is 9.97 Å². The van der Waals surface area contributed by atoms with Crippen LogP contribution in [0.5, 0.6) is 0 Å². The van der Waals surface area contributed by atoms with Crippen LogP contribution in [0.3, 0.4) is 0 Å². The van der Waals surface area contributed by atoms with Crippen molar-refractivity contribution in [2.45, 2.75) is 35.9 Å². The topological polar surface area (TPSA) is 96.6 Å². The van der Waals surface area contributed by atoms with Gasteiger partial charge in [0.1, 0.15) is 11.5 Å². The fourth-order valence-corrected chi connectivity index (χ4v) is 4.82. The molecule has 1 aliphatic heterocycles. The first-order valence-electron chi connectivity index (χ1n) is 9.59. The summed E-state index contributed by atoms with van der Waals surface area (Å²) in [6, 6.07) is 6.13. The molecule has 7 nitrogen and oxygen atoms in total. The Hall–Kier alpha value is -2.42. The molecule has 0 unspecified atom stereocenters. The van der Waals surface area contributed by atoms with Crippen molar-refractivity contribution < 1.29 is 0 Å². The predicted octanol–water partition coefficient (Wildman–Crippen LogP) is 3.81. The number of nitrogens with one attached hydrogen (secondary N) is 1. The molecule has 0 bridgehead atoms. The summed E-state index contributed by atoms with van der Waals surface area (Å²) in [5.74, 6) is 0.854. The lowest BCUT2D eigenvalue weighted by atomic mass is 10.3. The Balaban J connectivity index is 1.59. The van der Waals surface area contributed by atoms with E-state index in [1.165, 1.54) is 11.8 Å². The molecule has 9 heteroatoms. The molecule has 1 fully saturated rings. The molecule has 1 aliphatic rings. The number of hydrogen-bond acceptors (Lipinski definition) is 7. The lowest BCUT2D eigenvalue weighted by Crippen LogP contribution is -2.27. The molecule has 4 heterocycles. The van der Waals surface area contributed by atoms with E-state index in [1.807, 2.05) is 18.2 Å². The molecule has 5 rings (SSSR count). The second-order valence-corrected chi connectivity index (χ2v) is 8.55. The number of nitrogens with two attached hydrogens (primary N) is 1. The number of rotatable bonds is 4. The molecule has 148 valence electrons. The highest BCUT2D eigenvalue weighted by Gasteiger charge is 2.26.